The van der Waals surface area contributed by atoms with E-state index < -0.39 is 21.5 Å². The number of nitrogens with two attached hydrogens (primary N) is 1. The van der Waals surface area contributed by atoms with Crippen molar-refractivity contribution in [3.8, 4) is 33.9 Å². The zero-order chi connectivity index (χ0) is 27.3. The normalized spacial score (nSPS) is 12.0. The number of nitrogens with one attached hydrogen (secondary N) is 2. The van der Waals surface area contributed by atoms with Gasteiger partial charge in [-0.25, -0.2) is 22.2 Å². The van der Waals surface area contributed by atoms with E-state index in [-0.39, 0.29) is 34.8 Å². The Morgan fingerprint density at radius 1 is 0.923 bits per heavy atom. The monoisotopic (exact) mass is 546 g/mol. The molecule has 39 heavy (non-hydrogen) atoms. The van der Waals surface area contributed by atoms with E-state index >= 15 is 4.39 Å². The molecule has 5 aromatic heterocycles. The number of H-pyrrole nitrogens is 2. The number of rotatable bonds is 6. The van der Waals surface area contributed by atoms with Crippen LogP contribution in [0.5, 0.6) is 0 Å². The van der Waals surface area contributed by atoms with Gasteiger partial charge in [0.05, 0.1) is 45.8 Å². The van der Waals surface area contributed by atoms with Crippen molar-refractivity contribution in [2.24, 2.45) is 0 Å². The van der Waals surface area contributed by atoms with Gasteiger partial charge in [0.1, 0.15) is 27.0 Å². The summed E-state index contributed by atoms with van der Waals surface area (Å²) in [6.07, 6.45) is 8.78. The van der Waals surface area contributed by atoms with Gasteiger partial charge in [-0.1, -0.05) is 6.07 Å². The third kappa shape index (κ3) is 4.68. The van der Waals surface area contributed by atoms with Crippen LogP contribution >= 0.6 is 0 Å². The van der Waals surface area contributed by atoms with Crippen molar-refractivity contribution in [1.82, 2.24) is 35.1 Å². The second-order valence-electron chi connectivity index (χ2n) is 9.19. The SMILES string of the molecule is CS(=O)(=O)CCc1cc(F)cc(-c2cncc3[nH]c(-c4n[nH]c5cnc(-c6cncc(N)c6)c(F)c45)nc23)c1. The van der Waals surface area contributed by atoms with Crippen molar-refractivity contribution in [2.45, 2.75) is 6.42 Å². The van der Waals surface area contributed by atoms with Crippen LogP contribution in [-0.2, 0) is 16.3 Å². The summed E-state index contributed by atoms with van der Waals surface area (Å²) in [5.41, 5.74) is 9.76. The number of benzene rings is 1. The number of nitrogen functional groups attached to an aromatic ring is 1. The zero-order valence-electron chi connectivity index (χ0n) is 20.4. The molecule has 0 saturated carbocycles. The van der Waals surface area contributed by atoms with Crippen LogP contribution < -0.4 is 5.73 Å². The Balaban J connectivity index is 1.46. The van der Waals surface area contributed by atoms with Gasteiger partial charge >= 0.3 is 0 Å². The van der Waals surface area contributed by atoms with Gasteiger partial charge in [0.15, 0.2) is 11.6 Å². The minimum absolute atomic E-state index is 0.0600. The molecule has 0 spiro atoms. The Bertz CT molecular complexity index is 2000. The number of imidazole rings is 1. The molecule has 1 aromatic carbocycles. The first-order valence-corrected chi connectivity index (χ1v) is 13.8. The lowest BCUT2D eigenvalue weighted by Crippen LogP contribution is -2.06. The van der Waals surface area contributed by atoms with Gasteiger partial charge in [0.2, 0.25) is 0 Å². The lowest BCUT2D eigenvalue weighted by molar-refractivity contribution is 0.600. The summed E-state index contributed by atoms with van der Waals surface area (Å²) in [6, 6.07) is 5.92. The van der Waals surface area contributed by atoms with E-state index in [4.69, 9.17) is 5.73 Å². The highest BCUT2D eigenvalue weighted by Crippen LogP contribution is 2.34. The van der Waals surface area contributed by atoms with Crippen LogP contribution in [0.2, 0.25) is 0 Å². The van der Waals surface area contributed by atoms with Crippen molar-refractivity contribution in [3.05, 3.63) is 72.4 Å². The number of nitrogens with zero attached hydrogens (tertiary/aromatic N) is 5. The number of hydrogen-bond acceptors (Lipinski definition) is 8. The number of aromatic nitrogens is 7. The Hall–Kier alpha value is -4.78. The van der Waals surface area contributed by atoms with Gasteiger partial charge < -0.3 is 10.7 Å². The Kier molecular flexibility index (Phi) is 5.79. The standard InChI is InChI=1S/C26H20F2N8O2S/c1-39(37,38)3-2-13-4-14(6-16(27)5-13)18-10-31-11-20-24(18)34-26(33-20)25-21-19(35-36-25)12-32-23(22(21)28)15-7-17(29)9-30-8-15/h4-12H,2-3,29H2,1H3,(H,33,34)(H,35,36). The highest BCUT2D eigenvalue weighted by molar-refractivity contribution is 7.90. The van der Waals surface area contributed by atoms with Crippen molar-refractivity contribution >= 4 is 37.5 Å². The lowest BCUT2D eigenvalue weighted by atomic mass is 10.0. The molecule has 0 saturated heterocycles. The molecular weight excluding hydrogens is 526 g/mol. The summed E-state index contributed by atoms with van der Waals surface area (Å²) in [5.74, 6) is -0.977. The lowest BCUT2D eigenvalue weighted by Gasteiger charge is -2.07. The molecule has 0 aliphatic carbocycles. The molecule has 0 amide bonds. The largest absolute Gasteiger partial charge is 0.397 e. The molecule has 0 bridgehead atoms. The summed E-state index contributed by atoms with van der Waals surface area (Å²) in [7, 11) is -3.22. The third-order valence-electron chi connectivity index (χ3n) is 6.23. The number of aromatic amines is 2. The van der Waals surface area contributed by atoms with Crippen LogP contribution in [0.1, 0.15) is 5.56 Å². The van der Waals surface area contributed by atoms with E-state index in [9.17, 15) is 12.8 Å². The summed E-state index contributed by atoms with van der Waals surface area (Å²) in [4.78, 5) is 20.3. The minimum Gasteiger partial charge on any atom is -0.397 e. The molecule has 4 N–H and O–H groups in total. The van der Waals surface area contributed by atoms with Crippen LogP contribution in [0.25, 0.3) is 55.8 Å². The first-order valence-electron chi connectivity index (χ1n) is 11.7. The number of sulfone groups is 1. The van der Waals surface area contributed by atoms with Crippen LogP contribution in [-0.4, -0.2) is 55.5 Å². The van der Waals surface area contributed by atoms with E-state index in [2.05, 4.69) is 35.1 Å². The summed E-state index contributed by atoms with van der Waals surface area (Å²) in [6.45, 7) is 0. The van der Waals surface area contributed by atoms with Gasteiger partial charge in [-0.3, -0.25) is 20.1 Å². The number of pyridine rings is 3. The van der Waals surface area contributed by atoms with E-state index in [0.29, 0.717) is 44.5 Å². The van der Waals surface area contributed by atoms with Gasteiger partial charge in [-0.2, -0.15) is 5.10 Å². The zero-order valence-corrected chi connectivity index (χ0v) is 21.2. The number of hydrogen-bond donors (Lipinski definition) is 3. The molecule has 0 unspecified atom stereocenters. The second-order valence-corrected chi connectivity index (χ2v) is 11.4. The first-order chi connectivity index (χ1) is 18.7. The molecule has 6 rings (SSSR count). The molecule has 0 radical (unpaired) electrons. The maximum atomic E-state index is 15.8. The third-order valence-corrected chi connectivity index (χ3v) is 7.17. The van der Waals surface area contributed by atoms with Crippen molar-refractivity contribution < 1.29 is 17.2 Å². The van der Waals surface area contributed by atoms with Crippen molar-refractivity contribution in [1.29, 1.82) is 0 Å². The quantitative estimate of drug-likeness (QED) is 0.282. The smallest absolute Gasteiger partial charge is 0.161 e. The van der Waals surface area contributed by atoms with E-state index in [1.165, 1.54) is 30.7 Å². The number of aryl methyl sites for hydroxylation is 1. The Morgan fingerprint density at radius 2 is 1.74 bits per heavy atom. The molecule has 13 heteroatoms. The fourth-order valence-electron chi connectivity index (χ4n) is 4.44. The molecule has 0 aliphatic rings. The average molecular weight is 547 g/mol. The van der Waals surface area contributed by atoms with Gasteiger partial charge in [-0.05, 0) is 35.7 Å². The first kappa shape index (κ1) is 24.6. The van der Waals surface area contributed by atoms with Crippen LogP contribution in [0.3, 0.4) is 0 Å². The molecule has 0 aliphatic heterocycles. The highest BCUT2D eigenvalue weighted by Gasteiger charge is 2.21. The number of halogens is 2. The summed E-state index contributed by atoms with van der Waals surface area (Å²) < 4.78 is 53.5. The van der Waals surface area contributed by atoms with Gasteiger partial charge in [-0.15, -0.1) is 0 Å². The fourth-order valence-corrected chi connectivity index (χ4v) is 5.05. The highest BCUT2D eigenvalue weighted by atomic mass is 32.2. The maximum absolute atomic E-state index is 15.8. The molecule has 196 valence electrons. The Morgan fingerprint density at radius 3 is 2.54 bits per heavy atom. The molecule has 0 atom stereocenters. The molecular formula is C26H20F2N8O2S. The van der Waals surface area contributed by atoms with E-state index in [1.807, 2.05) is 0 Å². The number of anilines is 1. The Labute approximate surface area is 220 Å². The van der Waals surface area contributed by atoms with Gasteiger partial charge in [0, 0.05) is 36.0 Å². The fraction of sp³-hybridized carbons (Fsp3) is 0.115. The predicted octanol–water partition coefficient (Wildman–Crippen LogP) is 4.07. The maximum Gasteiger partial charge on any atom is 0.161 e. The topological polar surface area (TPSA) is 156 Å². The average Bonchev–Trinajstić information content (AvgIpc) is 3.51. The van der Waals surface area contributed by atoms with Gasteiger partial charge in [0.25, 0.3) is 0 Å². The van der Waals surface area contributed by atoms with Crippen LogP contribution in [0.4, 0.5) is 14.5 Å². The molecule has 6 aromatic rings. The molecule has 0 fully saturated rings. The van der Waals surface area contributed by atoms with Crippen molar-refractivity contribution in [3.63, 3.8) is 0 Å². The molecule has 5 heterocycles. The van der Waals surface area contributed by atoms with Crippen LogP contribution in [0, 0.1) is 11.6 Å². The number of fused-ring (bicyclic) bond motifs is 2. The van der Waals surface area contributed by atoms with Crippen LogP contribution in [0.15, 0.2) is 55.2 Å². The summed E-state index contributed by atoms with van der Waals surface area (Å²) >= 11 is 0. The van der Waals surface area contributed by atoms with E-state index in [1.54, 1.807) is 24.5 Å². The molecule has 10 nitrogen and oxygen atoms in total. The van der Waals surface area contributed by atoms with E-state index in [0.717, 1.165) is 6.26 Å². The predicted molar refractivity (Wildman–Crippen MR) is 143 cm³/mol. The summed E-state index contributed by atoms with van der Waals surface area (Å²) in [5, 5.41) is 7.23. The van der Waals surface area contributed by atoms with Crippen molar-refractivity contribution in [2.75, 3.05) is 17.7 Å². The minimum atomic E-state index is -3.22. The second kappa shape index (κ2) is 9.20.